The molecule has 0 unspecified atom stereocenters. The van der Waals surface area contributed by atoms with Crippen LogP contribution in [0.4, 0.5) is 11.4 Å². The molecule has 1 aliphatic rings. The Morgan fingerprint density at radius 2 is 1.76 bits per heavy atom. The standard InChI is InChI=1S/C14H24N4O2S/c1-11(2)10-17-3-5-18(6-4-17)13-7-12(15)8-14(9-13)21(16,19)20/h7-9,11H,3-6,10,15H2,1-2H3,(H2,16,19,20). The van der Waals surface area contributed by atoms with Crippen LogP contribution in [0.5, 0.6) is 0 Å². The predicted octanol–water partition coefficient (Wildman–Crippen LogP) is 0.694. The molecule has 6 nitrogen and oxygen atoms in total. The normalized spacial score (nSPS) is 17.4. The molecule has 0 atom stereocenters. The van der Waals surface area contributed by atoms with Gasteiger partial charge in [0.05, 0.1) is 4.90 Å². The summed E-state index contributed by atoms with van der Waals surface area (Å²) in [5, 5.41) is 5.19. The number of nitrogens with zero attached hydrogens (tertiary/aromatic N) is 2. The van der Waals surface area contributed by atoms with Crippen molar-refractivity contribution in [2.24, 2.45) is 11.1 Å². The molecular formula is C14H24N4O2S. The van der Waals surface area contributed by atoms with Crippen LogP contribution in [-0.4, -0.2) is 46.0 Å². The molecule has 0 aromatic heterocycles. The smallest absolute Gasteiger partial charge is 0.238 e. The number of benzene rings is 1. The fourth-order valence-corrected chi connectivity index (χ4v) is 3.24. The Hall–Kier alpha value is -1.31. The van der Waals surface area contributed by atoms with Crippen LogP contribution in [0, 0.1) is 5.92 Å². The first kappa shape index (κ1) is 16.1. The molecule has 1 aliphatic heterocycles. The highest BCUT2D eigenvalue weighted by Crippen LogP contribution is 2.24. The zero-order valence-electron chi connectivity index (χ0n) is 12.6. The van der Waals surface area contributed by atoms with Gasteiger partial charge in [-0.1, -0.05) is 13.8 Å². The van der Waals surface area contributed by atoms with Crippen LogP contribution in [0.2, 0.25) is 0 Å². The molecule has 1 heterocycles. The molecule has 1 saturated heterocycles. The molecule has 0 radical (unpaired) electrons. The molecule has 0 bridgehead atoms. The lowest BCUT2D eigenvalue weighted by Gasteiger charge is -2.37. The van der Waals surface area contributed by atoms with Gasteiger partial charge in [-0.25, -0.2) is 13.6 Å². The number of primary sulfonamides is 1. The fourth-order valence-electron chi connectivity index (χ4n) is 2.66. The summed E-state index contributed by atoms with van der Waals surface area (Å²) in [6, 6.07) is 4.80. The first-order valence-corrected chi connectivity index (χ1v) is 8.71. The van der Waals surface area contributed by atoms with Crippen molar-refractivity contribution in [3.8, 4) is 0 Å². The summed E-state index contributed by atoms with van der Waals surface area (Å²) in [6.45, 7) is 9.17. The zero-order valence-corrected chi connectivity index (χ0v) is 13.4. The third-order valence-electron chi connectivity index (χ3n) is 3.60. The molecule has 4 N–H and O–H groups in total. The van der Waals surface area contributed by atoms with Crippen molar-refractivity contribution >= 4 is 21.4 Å². The molecule has 2 rings (SSSR count). The van der Waals surface area contributed by atoms with Crippen LogP contribution in [0.3, 0.4) is 0 Å². The highest BCUT2D eigenvalue weighted by Gasteiger charge is 2.19. The molecule has 21 heavy (non-hydrogen) atoms. The monoisotopic (exact) mass is 312 g/mol. The van der Waals surface area contributed by atoms with Crippen LogP contribution in [0.15, 0.2) is 23.1 Å². The second-order valence-electron chi connectivity index (χ2n) is 5.99. The van der Waals surface area contributed by atoms with Gasteiger partial charge in [-0.05, 0) is 24.1 Å². The van der Waals surface area contributed by atoms with E-state index < -0.39 is 10.0 Å². The van der Waals surface area contributed by atoms with Crippen LogP contribution in [0.1, 0.15) is 13.8 Å². The molecule has 1 fully saturated rings. The van der Waals surface area contributed by atoms with Gasteiger partial charge in [0.25, 0.3) is 0 Å². The number of rotatable bonds is 4. The average molecular weight is 312 g/mol. The largest absolute Gasteiger partial charge is 0.399 e. The lowest BCUT2D eigenvalue weighted by Crippen LogP contribution is -2.47. The summed E-state index contributed by atoms with van der Waals surface area (Å²) in [7, 11) is -3.73. The number of nitrogen functional groups attached to an aromatic ring is 1. The summed E-state index contributed by atoms with van der Waals surface area (Å²) in [4.78, 5) is 4.65. The number of piperazine rings is 1. The van der Waals surface area contributed by atoms with Crippen molar-refractivity contribution in [2.75, 3.05) is 43.4 Å². The van der Waals surface area contributed by atoms with Crippen molar-refractivity contribution in [3.63, 3.8) is 0 Å². The van der Waals surface area contributed by atoms with Gasteiger partial charge in [0.2, 0.25) is 10.0 Å². The van der Waals surface area contributed by atoms with Crippen LogP contribution < -0.4 is 15.8 Å². The quantitative estimate of drug-likeness (QED) is 0.798. The van der Waals surface area contributed by atoms with Gasteiger partial charge in [0, 0.05) is 44.1 Å². The molecule has 0 saturated carbocycles. The predicted molar refractivity (Wildman–Crippen MR) is 85.7 cm³/mol. The minimum Gasteiger partial charge on any atom is -0.399 e. The molecule has 0 spiro atoms. The van der Waals surface area contributed by atoms with Gasteiger partial charge in [-0.3, -0.25) is 4.90 Å². The second kappa shape index (κ2) is 6.21. The summed E-state index contributed by atoms with van der Waals surface area (Å²) in [5.74, 6) is 0.651. The molecule has 0 amide bonds. The number of anilines is 2. The average Bonchev–Trinajstić information content (AvgIpc) is 2.37. The molecule has 118 valence electrons. The van der Waals surface area contributed by atoms with E-state index in [1.807, 2.05) is 0 Å². The first-order chi connectivity index (χ1) is 9.75. The summed E-state index contributed by atoms with van der Waals surface area (Å²) in [6.07, 6.45) is 0. The van der Waals surface area contributed by atoms with Gasteiger partial charge < -0.3 is 10.6 Å². The summed E-state index contributed by atoms with van der Waals surface area (Å²) in [5.41, 5.74) is 7.04. The first-order valence-electron chi connectivity index (χ1n) is 7.16. The van der Waals surface area contributed by atoms with Crippen molar-refractivity contribution in [2.45, 2.75) is 18.7 Å². The van der Waals surface area contributed by atoms with Gasteiger partial charge in [0.15, 0.2) is 0 Å². The summed E-state index contributed by atoms with van der Waals surface area (Å²) < 4.78 is 23.0. The third-order valence-corrected chi connectivity index (χ3v) is 4.50. The maximum Gasteiger partial charge on any atom is 0.238 e. The van der Waals surface area contributed by atoms with Crippen molar-refractivity contribution < 1.29 is 8.42 Å². The molecule has 1 aromatic rings. The van der Waals surface area contributed by atoms with Gasteiger partial charge in [0.1, 0.15) is 0 Å². The van der Waals surface area contributed by atoms with Gasteiger partial charge in [-0.15, -0.1) is 0 Å². The Morgan fingerprint density at radius 1 is 1.14 bits per heavy atom. The second-order valence-corrected chi connectivity index (χ2v) is 7.55. The SMILES string of the molecule is CC(C)CN1CCN(c2cc(N)cc(S(N)(=O)=O)c2)CC1. The van der Waals surface area contributed by atoms with E-state index in [9.17, 15) is 8.42 Å². The Bertz CT molecular complexity index is 593. The molecule has 1 aromatic carbocycles. The van der Waals surface area contributed by atoms with E-state index in [1.54, 1.807) is 12.1 Å². The van der Waals surface area contributed by atoms with Crippen LogP contribution in [0.25, 0.3) is 0 Å². The highest BCUT2D eigenvalue weighted by atomic mass is 32.2. The Labute approximate surface area is 126 Å². The molecule has 7 heteroatoms. The van der Waals surface area contributed by atoms with Crippen molar-refractivity contribution in [3.05, 3.63) is 18.2 Å². The maximum absolute atomic E-state index is 11.5. The van der Waals surface area contributed by atoms with E-state index in [2.05, 4.69) is 23.6 Å². The Kier molecular flexibility index (Phi) is 4.75. The van der Waals surface area contributed by atoms with Gasteiger partial charge in [-0.2, -0.15) is 0 Å². The third kappa shape index (κ3) is 4.33. The van der Waals surface area contributed by atoms with E-state index in [1.165, 1.54) is 6.07 Å². The zero-order chi connectivity index (χ0) is 15.6. The highest BCUT2D eigenvalue weighted by molar-refractivity contribution is 7.89. The Balaban J connectivity index is 2.12. The van der Waals surface area contributed by atoms with E-state index in [0.29, 0.717) is 11.6 Å². The lowest BCUT2D eigenvalue weighted by atomic mass is 10.2. The summed E-state index contributed by atoms with van der Waals surface area (Å²) >= 11 is 0. The van der Waals surface area contributed by atoms with E-state index in [-0.39, 0.29) is 4.90 Å². The van der Waals surface area contributed by atoms with Crippen LogP contribution in [-0.2, 0) is 10.0 Å². The molecular weight excluding hydrogens is 288 g/mol. The van der Waals surface area contributed by atoms with E-state index >= 15 is 0 Å². The van der Waals surface area contributed by atoms with Crippen molar-refractivity contribution in [1.29, 1.82) is 0 Å². The Morgan fingerprint density at radius 3 is 2.29 bits per heavy atom. The fraction of sp³-hybridized carbons (Fsp3) is 0.571. The lowest BCUT2D eigenvalue weighted by molar-refractivity contribution is 0.231. The topological polar surface area (TPSA) is 92.7 Å². The number of hydrogen-bond donors (Lipinski definition) is 2. The number of nitrogens with two attached hydrogens (primary N) is 2. The maximum atomic E-state index is 11.5. The minimum atomic E-state index is -3.73. The van der Waals surface area contributed by atoms with E-state index in [0.717, 1.165) is 38.4 Å². The minimum absolute atomic E-state index is 0.0714. The molecule has 0 aliphatic carbocycles. The van der Waals surface area contributed by atoms with E-state index in [4.69, 9.17) is 10.9 Å². The number of sulfonamides is 1. The van der Waals surface area contributed by atoms with Crippen molar-refractivity contribution in [1.82, 2.24) is 4.90 Å². The number of hydrogen-bond acceptors (Lipinski definition) is 5. The van der Waals surface area contributed by atoms with Crippen LogP contribution >= 0.6 is 0 Å². The van der Waals surface area contributed by atoms with Gasteiger partial charge >= 0.3 is 0 Å².